The number of rotatable bonds is 4. The van der Waals surface area contributed by atoms with Crippen LogP contribution >= 0.6 is 0 Å². The number of hydrogen-bond acceptors (Lipinski definition) is 2. The average molecular weight is 313 g/mol. The van der Waals surface area contributed by atoms with Gasteiger partial charge in [0.05, 0.1) is 0 Å². The van der Waals surface area contributed by atoms with E-state index < -0.39 is 5.60 Å². The molecule has 0 aromatic heterocycles. The molecule has 0 aliphatic rings. The Bertz CT molecular complexity index is 665. The molecule has 0 aliphatic heterocycles. The summed E-state index contributed by atoms with van der Waals surface area (Å²) >= 11 is 0. The molecule has 1 N–H and O–H groups in total. The van der Waals surface area contributed by atoms with Crippen molar-refractivity contribution < 1.29 is 9.53 Å². The Hall–Kier alpha value is -2.03. The average Bonchev–Trinajstić information content (AvgIpc) is 2.44. The molecule has 1 amide bonds. The highest BCUT2D eigenvalue weighted by Crippen LogP contribution is 2.21. The van der Waals surface area contributed by atoms with Gasteiger partial charge >= 0.3 is 6.09 Å². The number of ether oxygens (including phenoxy) is 1. The first-order valence-electron chi connectivity index (χ1n) is 8.22. The van der Waals surface area contributed by atoms with Crippen LogP contribution in [0.15, 0.2) is 42.5 Å². The predicted molar refractivity (Wildman–Crippen MR) is 95.6 cm³/mol. The van der Waals surface area contributed by atoms with E-state index in [1.54, 1.807) is 0 Å². The molecule has 0 saturated carbocycles. The first-order chi connectivity index (χ1) is 10.8. The summed E-state index contributed by atoms with van der Waals surface area (Å²) in [5, 5.41) is 5.49. The van der Waals surface area contributed by atoms with Crippen LogP contribution in [0.3, 0.4) is 0 Å². The fourth-order valence-electron chi connectivity index (χ4n) is 2.62. The molecule has 0 heterocycles. The SMILES string of the molecule is CC(C)[C@@H](Cc1cccc2ccccc12)NC(=O)OC(C)(C)C. The van der Waals surface area contributed by atoms with E-state index in [1.165, 1.54) is 16.3 Å². The van der Waals surface area contributed by atoms with Crippen LogP contribution in [0.25, 0.3) is 10.8 Å². The molecule has 124 valence electrons. The third kappa shape index (κ3) is 4.98. The van der Waals surface area contributed by atoms with E-state index in [-0.39, 0.29) is 12.1 Å². The van der Waals surface area contributed by atoms with Gasteiger partial charge in [0.15, 0.2) is 0 Å². The number of nitrogens with one attached hydrogen (secondary N) is 1. The Morgan fingerprint density at radius 3 is 2.39 bits per heavy atom. The van der Waals surface area contributed by atoms with Gasteiger partial charge in [0.2, 0.25) is 0 Å². The number of amides is 1. The Balaban J connectivity index is 2.17. The Labute approximate surface area is 139 Å². The molecule has 3 nitrogen and oxygen atoms in total. The lowest BCUT2D eigenvalue weighted by Gasteiger charge is -2.26. The summed E-state index contributed by atoms with van der Waals surface area (Å²) in [6, 6.07) is 14.7. The highest BCUT2D eigenvalue weighted by Gasteiger charge is 2.22. The number of hydrogen-bond donors (Lipinski definition) is 1. The molecule has 0 radical (unpaired) electrons. The molecule has 0 fully saturated rings. The Morgan fingerprint density at radius 2 is 1.74 bits per heavy atom. The first-order valence-corrected chi connectivity index (χ1v) is 8.22. The van der Waals surface area contributed by atoms with Gasteiger partial charge in [-0.25, -0.2) is 4.79 Å². The van der Waals surface area contributed by atoms with Crippen molar-refractivity contribution in [3.05, 3.63) is 48.0 Å². The monoisotopic (exact) mass is 313 g/mol. The number of fused-ring (bicyclic) bond motifs is 1. The molecular formula is C20H27NO2. The molecule has 2 aromatic carbocycles. The summed E-state index contributed by atoms with van der Waals surface area (Å²) in [5.41, 5.74) is 0.767. The zero-order valence-electron chi connectivity index (χ0n) is 14.7. The van der Waals surface area contributed by atoms with Crippen molar-refractivity contribution >= 4 is 16.9 Å². The van der Waals surface area contributed by atoms with Crippen molar-refractivity contribution in [1.29, 1.82) is 0 Å². The number of alkyl carbamates (subject to hydrolysis) is 1. The van der Waals surface area contributed by atoms with Crippen molar-refractivity contribution in [2.24, 2.45) is 5.92 Å². The standard InChI is InChI=1S/C20H27NO2/c1-14(2)18(21-19(22)23-20(3,4)5)13-16-11-8-10-15-9-6-7-12-17(15)16/h6-12,14,18H,13H2,1-5H3,(H,21,22)/t18-/m1/s1. The molecule has 23 heavy (non-hydrogen) atoms. The van der Waals surface area contributed by atoms with Crippen LogP contribution in [0.1, 0.15) is 40.2 Å². The molecule has 0 bridgehead atoms. The zero-order valence-corrected chi connectivity index (χ0v) is 14.7. The summed E-state index contributed by atoms with van der Waals surface area (Å²) in [6.45, 7) is 9.87. The predicted octanol–water partition coefficient (Wildman–Crippen LogP) is 4.93. The lowest BCUT2D eigenvalue weighted by Crippen LogP contribution is -2.43. The molecular weight excluding hydrogens is 286 g/mol. The molecule has 2 rings (SSSR count). The minimum atomic E-state index is -0.481. The van der Waals surface area contributed by atoms with Gasteiger partial charge in [-0.05, 0) is 49.4 Å². The fraction of sp³-hybridized carbons (Fsp3) is 0.450. The van der Waals surface area contributed by atoms with Gasteiger partial charge in [-0.2, -0.15) is 0 Å². The summed E-state index contributed by atoms with van der Waals surface area (Å²) < 4.78 is 5.39. The van der Waals surface area contributed by atoms with Crippen molar-refractivity contribution in [3.63, 3.8) is 0 Å². The second-order valence-electron chi connectivity index (χ2n) is 7.34. The third-order valence-electron chi connectivity index (χ3n) is 3.83. The van der Waals surface area contributed by atoms with Crippen LogP contribution in [-0.2, 0) is 11.2 Å². The molecule has 3 heteroatoms. The van der Waals surface area contributed by atoms with E-state index in [0.717, 1.165) is 6.42 Å². The maximum absolute atomic E-state index is 12.1. The minimum absolute atomic E-state index is 0.0376. The highest BCUT2D eigenvalue weighted by molar-refractivity contribution is 5.85. The summed E-state index contributed by atoms with van der Waals surface area (Å²) in [6.07, 6.45) is 0.439. The largest absolute Gasteiger partial charge is 0.444 e. The van der Waals surface area contributed by atoms with Gasteiger partial charge in [0.1, 0.15) is 5.60 Å². The van der Waals surface area contributed by atoms with Gasteiger partial charge in [-0.15, -0.1) is 0 Å². The summed E-state index contributed by atoms with van der Waals surface area (Å²) in [4.78, 5) is 12.1. The Kier molecular flexibility index (Phi) is 5.30. The van der Waals surface area contributed by atoms with E-state index in [1.807, 2.05) is 26.8 Å². The van der Waals surface area contributed by atoms with Crippen LogP contribution in [0.2, 0.25) is 0 Å². The van der Waals surface area contributed by atoms with E-state index in [2.05, 4.69) is 55.6 Å². The van der Waals surface area contributed by atoms with E-state index in [0.29, 0.717) is 5.92 Å². The van der Waals surface area contributed by atoms with Crippen LogP contribution in [0.5, 0.6) is 0 Å². The quantitative estimate of drug-likeness (QED) is 0.869. The van der Waals surface area contributed by atoms with E-state index in [9.17, 15) is 4.79 Å². The zero-order chi connectivity index (χ0) is 17.0. The smallest absolute Gasteiger partial charge is 0.407 e. The van der Waals surface area contributed by atoms with E-state index in [4.69, 9.17) is 4.74 Å². The van der Waals surface area contributed by atoms with Gasteiger partial charge in [0.25, 0.3) is 0 Å². The molecule has 0 spiro atoms. The van der Waals surface area contributed by atoms with Crippen LogP contribution in [-0.4, -0.2) is 17.7 Å². The maximum atomic E-state index is 12.1. The number of benzene rings is 2. The molecule has 1 atom stereocenters. The lowest BCUT2D eigenvalue weighted by molar-refractivity contribution is 0.0490. The normalized spacial score (nSPS) is 13.1. The second kappa shape index (κ2) is 7.03. The van der Waals surface area contributed by atoms with Crippen molar-refractivity contribution in [2.75, 3.05) is 0 Å². The van der Waals surface area contributed by atoms with Gasteiger partial charge < -0.3 is 10.1 Å². The molecule has 2 aromatic rings. The van der Waals surface area contributed by atoms with Crippen molar-refractivity contribution in [1.82, 2.24) is 5.32 Å². The number of carbonyl (C=O) groups is 1. The minimum Gasteiger partial charge on any atom is -0.444 e. The first kappa shape index (κ1) is 17.3. The van der Waals surface area contributed by atoms with Crippen LogP contribution < -0.4 is 5.32 Å². The second-order valence-corrected chi connectivity index (χ2v) is 7.34. The number of carbonyl (C=O) groups excluding carboxylic acids is 1. The third-order valence-corrected chi connectivity index (χ3v) is 3.83. The molecule has 0 saturated heterocycles. The van der Waals surface area contributed by atoms with Gasteiger partial charge in [-0.1, -0.05) is 56.3 Å². The van der Waals surface area contributed by atoms with Crippen LogP contribution in [0.4, 0.5) is 4.79 Å². The lowest BCUT2D eigenvalue weighted by atomic mass is 9.93. The fourth-order valence-corrected chi connectivity index (χ4v) is 2.62. The van der Waals surface area contributed by atoms with Crippen LogP contribution in [0, 0.1) is 5.92 Å². The van der Waals surface area contributed by atoms with Crippen molar-refractivity contribution in [3.8, 4) is 0 Å². The molecule has 0 aliphatic carbocycles. The summed E-state index contributed by atoms with van der Waals surface area (Å²) in [5.74, 6) is 0.321. The highest BCUT2D eigenvalue weighted by atomic mass is 16.6. The topological polar surface area (TPSA) is 38.3 Å². The van der Waals surface area contributed by atoms with Crippen molar-refractivity contribution in [2.45, 2.75) is 52.7 Å². The Morgan fingerprint density at radius 1 is 1.09 bits per heavy atom. The summed E-state index contributed by atoms with van der Waals surface area (Å²) in [7, 11) is 0. The van der Waals surface area contributed by atoms with Gasteiger partial charge in [-0.3, -0.25) is 0 Å². The van der Waals surface area contributed by atoms with Gasteiger partial charge in [0, 0.05) is 6.04 Å². The van der Waals surface area contributed by atoms with E-state index >= 15 is 0 Å². The maximum Gasteiger partial charge on any atom is 0.407 e. The molecule has 0 unspecified atom stereocenters.